The van der Waals surface area contributed by atoms with E-state index in [1.54, 1.807) is 13.0 Å². The van der Waals surface area contributed by atoms with Crippen molar-refractivity contribution in [2.45, 2.75) is 20.8 Å². The molecule has 2 N–H and O–H groups in total. The second-order valence-electron chi connectivity index (χ2n) is 3.26. The molecular formula is C11H15NO2. The van der Waals surface area contributed by atoms with Crippen molar-refractivity contribution in [2.24, 2.45) is 0 Å². The first kappa shape index (κ1) is 10.6. The predicted octanol–water partition coefficient (Wildman–Crippen LogP) is 2.06. The summed E-state index contributed by atoms with van der Waals surface area (Å²) in [5.74, 6) is -0.350. The highest BCUT2D eigenvalue weighted by atomic mass is 16.5. The van der Waals surface area contributed by atoms with Crippen molar-refractivity contribution in [3.05, 3.63) is 28.8 Å². The largest absolute Gasteiger partial charge is 0.462 e. The number of hydrogen-bond donors (Lipinski definition) is 1. The zero-order valence-electron chi connectivity index (χ0n) is 8.76. The Morgan fingerprint density at radius 2 is 2.07 bits per heavy atom. The van der Waals surface area contributed by atoms with E-state index in [2.05, 4.69) is 0 Å². The lowest BCUT2D eigenvalue weighted by atomic mass is 10.0. The van der Waals surface area contributed by atoms with Crippen LogP contribution in [0.1, 0.15) is 28.4 Å². The third-order valence-electron chi connectivity index (χ3n) is 2.03. The van der Waals surface area contributed by atoms with Gasteiger partial charge < -0.3 is 10.5 Å². The summed E-state index contributed by atoms with van der Waals surface area (Å²) in [5, 5.41) is 0. The quantitative estimate of drug-likeness (QED) is 0.577. The standard InChI is InChI=1S/C11H15NO2/c1-4-14-11(13)9-6-7(2)5-8(3)10(9)12/h5-6H,4,12H2,1-3H3. The second-order valence-corrected chi connectivity index (χ2v) is 3.26. The molecule has 0 heterocycles. The van der Waals surface area contributed by atoms with Gasteiger partial charge >= 0.3 is 5.97 Å². The monoisotopic (exact) mass is 193 g/mol. The molecule has 0 aliphatic rings. The molecule has 3 nitrogen and oxygen atoms in total. The summed E-state index contributed by atoms with van der Waals surface area (Å²) in [6.07, 6.45) is 0. The minimum absolute atomic E-state index is 0.350. The molecule has 1 rings (SSSR count). The van der Waals surface area contributed by atoms with Crippen LogP contribution in [-0.2, 0) is 4.74 Å². The van der Waals surface area contributed by atoms with E-state index in [1.165, 1.54) is 0 Å². The number of hydrogen-bond acceptors (Lipinski definition) is 3. The average Bonchev–Trinajstić information content (AvgIpc) is 2.11. The van der Waals surface area contributed by atoms with Gasteiger partial charge in [0.1, 0.15) is 0 Å². The Morgan fingerprint density at radius 1 is 1.43 bits per heavy atom. The average molecular weight is 193 g/mol. The topological polar surface area (TPSA) is 52.3 Å². The Morgan fingerprint density at radius 3 is 2.64 bits per heavy atom. The van der Waals surface area contributed by atoms with E-state index in [-0.39, 0.29) is 5.97 Å². The smallest absolute Gasteiger partial charge is 0.340 e. The van der Waals surface area contributed by atoms with Gasteiger partial charge in [0.15, 0.2) is 0 Å². The van der Waals surface area contributed by atoms with Crippen LogP contribution in [-0.4, -0.2) is 12.6 Å². The van der Waals surface area contributed by atoms with Gasteiger partial charge in [-0.05, 0) is 38.0 Å². The minimum atomic E-state index is -0.350. The maximum absolute atomic E-state index is 11.5. The van der Waals surface area contributed by atoms with E-state index >= 15 is 0 Å². The summed E-state index contributed by atoms with van der Waals surface area (Å²) in [6, 6.07) is 3.69. The molecule has 14 heavy (non-hydrogen) atoms. The van der Waals surface area contributed by atoms with Crippen LogP contribution < -0.4 is 5.73 Å². The van der Waals surface area contributed by atoms with Gasteiger partial charge in [0.05, 0.1) is 12.2 Å². The van der Waals surface area contributed by atoms with E-state index in [4.69, 9.17) is 10.5 Å². The first-order valence-corrected chi connectivity index (χ1v) is 4.60. The Balaban J connectivity index is 3.13. The van der Waals surface area contributed by atoms with E-state index < -0.39 is 0 Å². The fourth-order valence-corrected chi connectivity index (χ4v) is 1.36. The number of carbonyl (C=O) groups excluding carboxylic acids is 1. The van der Waals surface area contributed by atoms with Gasteiger partial charge in [0, 0.05) is 5.69 Å². The number of ether oxygens (including phenoxy) is 1. The van der Waals surface area contributed by atoms with E-state index in [0.29, 0.717) is 17.9 Å². The van der Waals surface area contributed by atoms with Gasteiger partial charge in [-0.1, -0.05) is 6.07 Å². The third kappa shape index (κ3) is 2.05. The highest BCUT2D eigenvalue weighted by Crippen LogP contribution is 2.19. The zero-order chi connectivity index (χ0) is 10.7. The lowest BCUT2D eigenvalue weighted by Gasteiger charge is -2.08. The molecule has 0 atom stereocenters. The maximum atomic E-state index is 11.5. The van der Waals surface area contributed by atoms with Crippen molar-refractivity contribution in [3.8, 4) is 0 Å². The van der Waals surface area contributed by atoms with Gasteiger partial charge in [0.25, 0.3) is 0 Å². The number of rotatable bonds is 2. The maximum Gasteiger partial charge on any atom is 0.340 e. The predicted molar refractivity (Wildman–Crippen MR) is 56.3 cm³/mol. The van der Waals surface area contributed by atoms with Crippen molar-refractivity contribution in [2.75, 3.05) is 12.3 Å². The number of anilines is 1. The van der Waals surface area contributed by atoms with Gasteiger partial charge in [0.2, 0.25) is 0 Å². The highest BCUT2D eigenvalue weighted by molar-refractivity contribution is 5.96. The molecule has 1 aromatic rings. The van der Waals surface area contributed by atoms with E-state index in [9.17, 15) is 4.79 Å². The molecule has 0 bridgehead atoms. The zero-order valence-corrected chi connectivity index (χ0v) is 8.76. The van der Waals surface area contributed by atoms with Crippen LogP contribution in [0.15, 0.2) is 12.1 Å². The number of benzene rings is 1. The summed E-state index contributed by atoms with van der Waals surface area (Å²) in [7, 11) is 0. The number of nitrogens with two attached hydrogens (primary N) is 1. The van der Waals surface area contributed by atoms with Gasteiger partial charge in [-0.2, -0.15) is 0 Å². The summed E-state index contributed by atoms with van der Waals surface area (Å²) in [4.78, 5) is 11.5. The lowest BCUT2D eigenvalue weighted by molar-refractivity contribution is 0.0527. The van der Waals surface area contributed by atoms with Crippen LogP contribution in [0, 0.1) is 13.8 Å². The SMILES string of the molecule is CCOC(=O)c1cc(C)cc(C)c1N. The van der Waals surface area contributed by atoms with Crippen LogP contribution in [0.5, 0.6) is 0 Å². The van der Waals surface area contributed by atoms with Gasteiger partial charge in [-0.25, -0.2) is 4.79 Å². The fraction of sp³-hybridized carbons (Fsp3) is 0.364. The summed E-state index contributed by atoms with van der Waals surface area (Å²) in [6.45, 7) is 5.95. The Labute approximate surface area is 83.9 Å². The molecule has 0 saturated carbocycles. The van der Waals surface area contributed by atoms with Crippen molar-refractivity contribution in [3.63, 3.8) is 0 Å². The number of aryl methyl sites for hydroxylation is 2. The molecule has 0 fully saturated rings. The number of carbonyl (C=O) groups is 1. The second kappa shape index (κ2) is 4.13. The van der Waals surface area contributed by atoms with Crippen LogP contribution in [0.4, 0.5) is 5.69 Å². The Hall–Kier alpha value is -1.51. The Kier molecular flexibility index (Phi) is 3.12. The highest BCUT2D eigenvalue weighted by Gasteiger charge is 2.12. The molecule has 76 valence electrons. The van der Waals surface area contributed by atoms with Crippen LogP contribution in [0.2, 0.25) is 0 Å². The summed E-state index contributed by atoms with van der Waals surface area (Å²) >= 11 is 0. The van der Waals surface area contributed by atoms with Crippen molar-refractivity contribution in [1.29, 1.82) is 0 Å². The van der Waals surface area contributed by atoms with Crippen LogP contribution >= 0.6 is 0 Å². The molecule has 0 amide bonds. The molecule has 0 aromatic heterocycles. The molecule has 3 heteroatoms. The molecule has 0 spiro atoms. The molecule has 0 aliphatic heterocycles. The summed E-state index contributed by atoms with van der Waals surface area (Å²) < 4.78 is 4.90. The third-order valence-corrected chi connectivity index (χ3v) is 2.03. The van der Waals surface area contributed by atoms with Crippen molar-refractivity contribution in [1.82, 2.24) is 0 Å². The number of nitrogen functional groups attached to an aromatic ring is 1. The van der Waals surface area contributed by atoms with E-state index in [0.717, 1.165) is 11.1 Å². The van der Waals surface area contributed by atoms with Gasteiger partial charge in [-0.15, -0.1) is 0 Å². The first-order valence-electron chi connectivity index (χ1n) is 4.60. The molecule has 0 unspecified atom stereocenters. The van der Waals surface area contributed by atoms with Crippen molar-refractivity contribution >= 4 is 11.7 Å². The van der Waals surface area contributed by atoms with E-state index in [1.807, 2.05) is 19.9 Å². The molecule has 1 aromatic carbocycles. The molecule has 0 saturated heterocycles. The molecule has 0 radical (unpaired) electrons. The Bertz CT molecular complexity index is 359. The molecular weight excluding hydrogens is 178 g/mol. The normalized spacial score (nSPS) is 9.93. The van der Waals surface area contributed by atoms with Crippen LogP contribution in [0.25, 0.3) is 0 Å². The fourth-order valence-electron chi connectivity index (χ4n) is 1.36. The van der Waals surface area contributed by atoms with Crippen molar-refractivity contribution < 1.29 is 9.53 Å². The minimum Gasteiger partial charge on any atom is -0.462 e. The molecule has 0 aliphatic carbocycles. The van der Waals surface area contributed by atoms with Crippen LogP contribution in [0.3, 0.4) is 0 Å². The first-order chi connectivity index (χ1) is 6.56. The summed E-state index contributed by atoms with van der Waals surface area (Å²) in [5.41, 5.74) is 8.68. The lowest BCUT2D eigenvalue weighted by Crippen LogP contribution is -2.09. The number of esters is 1. The van der Waals surface area contributed by atoms with Gasteiger partial charge in [-0.3, -0.25) is 0 Å².